The fraction of sp³-hybridized carbons (Fsp3) is 0.300. The number of hydrogen-bond acceptors (Lipinski definition) is 2. The number of aromatic nitrogens is 1. The van der Waals surface area contributed by atoms with Gasteiger partial charge in [-0.05, 0) is 44.0 Å². The molecule has 0 saturated carbocycles. The Labute approximate surface area is 149 Å². The minimum absolute atomic E-state index is 0.0216. The van der Waals surface area contributed by atoms with Crippen LogP contribution >= 0.6 is 0 Å². The number of aryl methyl sites for hydroxylation is 1. The lowest BCUT2D eigenvalue weighted by Gasteiger charge is -2.34. The quantitative estimate of drug-likeness (QED) is 0.680. The SMILES string of the molecule is Cc1cc(OC(C)C)c(C(O)(c2ccccc2)C(F)(F)F)c2cc[nH]c12. The maximum atomic E-state index is 14.2. The van der Waals surface area contributed by atoms with E-state index < -0.39 is 11.8 Å². The molecule has 3 nitrogen and oxygen atoms in total. The number of H-pyrrole nitrogens is 1. The summed E-state index contributed by atoms with van der Waals surface area (Å²) in [4.78, 5) is 2.95. The molecule has 0 bridgehead atoms. The maximum absolute atomic E-state index is 14.2. The minimum atomic E-state index is -4.94. The van der Waals surface area contributed by atoms with Crippen molar-refractivity contribution in [2.24, 2.45) is 0 Å². The molecule has 2 N–H and O–H groups in total. The number of nitrogens with one attached hydrogen (secondary N) is 1. The van der Waals surface area contributed by atoms with Crippen LogP contribution in [0.2, 0.25) is 0 Å². The zero-order valence-electron chi connectivity index (χ0n) is 14.7. The Morgan fingerprint density at radius 3 is 2.31 bits per heavy atom. The molecule has 1 atom stereocenters. The van der Waals surface area contributed by atoms with Crippen molar-refractivity contribution in [1.29, 1.82) is 0 Å². The van der Waals surface area contributed by atoms with Crippen LogP contribution in [0.1, 0.15) is 30.5 Å². The van der Waals surface area contributed by atoms with Crippen molar-refractivity contribution >= 4 is 10.9 Å². The van der Waals surface area contributed by atoms with Crippen LogP contribution in [0.5, 0.6) is 5.75 Å². The van der Waals surface area contributed by atoms with E-state index in [2.05, 4.69) is 4.98 Å². The van der Waals surface area contributed by atoms with Gasteiger partial charge in [0, 0.05) is 22.7 Å². The average Bonchev–Trinajstić information content (AvgIpc) is 3.03. The summed E-state index contributed by atoms with van der Waals surface area (Å²) in [7, 11) is 0. The van der Waals surface area contributed by atoms with Crippen molar-refractivity contribution in [3.05, 3.63) is 65.4 Å². The Morgan fingerprint density at radius 1 is 1.08 bits per heavy atom. The molecular formula is C20H20F3NO2. The molecular weight excluding hydrogens is 343 g/mol. The summed E-state index contributed by atoms with van der Waals surface area (Å²) in [6, 6.07) is 10.1. The van der Waals surface area contributed by atoms with E-state index in [1.165, 1.54) is 36.4 Å². The number of aliphatic hydroxyl groups is 1. The van der Waals surface area contributed by atoms with Crippen molar-refractivity contribution in [2.45, 2.75) is 38.7 Å². The Morgan fingerprint density at radius 2 is 1.73 bits per heavy atom. The number of ether oxygens (including phenoxy) is 1. The van der Waals surface area contributed by atoms with Gasteiger partial charge < -0.3 is 14.8 Å². The lowest BCUT2D eigenvalue weighted by Crippen LogP contribution is -2.44. The smallest absolute Gasteiger partial charge is 0.425 e. The van der Waals surface area contributed by atoms with Crippen LogP contribution in [-0.2, 0) is 5.60 Å². The number of rotatable bonds is 4. The van der Waals surface area contributed by atoms with Crippen molar-refractivity contribution in [2.75, 3.05) is 0 Å². The first kappa shape index (κ1) is 18.3. The first-order valence-electron chi connectivity index (χ1n) is 8.28. The van der Waals surface area contributed by atoms with Gasteiger partial charge in [0.1, 0.15) is 5.75 Å². The van der Waals surface area contributed by atoms with Crippen molar-refractivity contribution in [3.8, 4) is 5.75 Å². The summed E-state index contributed by atoms with van der Waals surface area (Å²) in [5.74, 6) is 0.0216. The Hall–Kier alpha value is -2.47. The highest BCUT2D eigenvalue weighted by Crippen LogP contribution is 2.50. The fourth-order valence-electron chi connectivity index (χ4n) is 3.23. The van der Waals surface area contributed by atoms with E-state index in [1.807, 2.05) is 0 Å². The first-order chi connectivity index (χ1) is 12.2. The first-order valence-corrected chi connectivity index (χ1v) is 8.28. The summed E-state index contributed by atoms with van der Waals surface area (Å²) in [6.07, 6.45) is -3.73. The second kappa shape index (κ2) is 6.36. The molecule has 138 valence electrons. The van der Waals surface area contributed by atoms with Crippen LogP contribution < -0.4 is 4.74 Å². The summed E-state index contributed by atoms with van der Waals surface area (Å²) < 4.78 is 48.3. The van der Waals surface area contributed by atoms with Gasteiger partial charge in [-0.2, -0.15) is 13.2 Å². The van der Waals surface area contributed by atoms with Gasteiger partial charge in [-0.25, -0.2) is 0 Å². The van der Waals surface area contributed by atoms with Crippen LogP contribution in [0.25, 0.3) is 10.9 Å². The third-order valence-corrected chi connectivity index (χ3v) is 4.33. The average molecular weight is 363 g/mol. The highest BCUT2D eigenvalue weighted by atomic mass is 19.4. The monoisotopic (exact) mass is 363 g/mol. The van der Waals surface area contributed by atoms with Crippen LogP contribution in [0.15, 0.2) is 48.7 Å². The topological polar surface area (TPSA) is 45.2 Å². The number of benzene rings is 2. The van der Waals surface area contributed by atoms with E-state index in [9.17, 15) is 18.3 Å². The summed E-state index contributed by atoms with van der Waals surface area (Å²) in [5, 5.41) is 11.4. The van der Waals surface area contributed by atoms with E-state index >= 15 is 0 Å². The third kappa shape index (κ3) is 2.84. The van der Waals surface area contributed by atoms with E-state index in [-0.39, 0.29) is 28.4 Å². The van der Waals surface area contributed by atoms with Gasteiger partial charge in [0.15, 0.2) is 0 Å². The zero-order chi connectivity index (χ0) is 19.1. The van der Waals surface area contributed by atoms with E-state index in [0.29, 0.717) is 5.52 Å². The van der Waals surface area contributed by atoms with Gasteiger partial charge in [-0.3, -0.25) is 0 Å². The molecule has 1 aromatic heterocycles. The third-order valence-electron chi connectivity index (χ3n) is 4.33. The predicted octanol–water partition coefficient (Wildman–Crippen LogP) is 5.06. The van der Waals surface area contributed by atoms with Crippen LogP contribution in [-0.4, -0.2) is 22.4 Å². The molecule has 0 aliphatic carbocycles. The molecule has 0 aliphatic heterocycles. The Bertz CT molecular complexity index is 916. The highest BCUT2D eigenvalue weighted by Gasteiger charge is 2.58. The van der Waals surface area contributed by atoms with Crippen LogP contribution in [0.3, 0.4) is 0 Å². The van der Waals surface area contributed by atoms with Crippen molar-refractivity contribution < 1.29 is 23.0 Å². The van der Waals surface area contributed by atoms with Gasteiger partial charge >= 0.3 is 6.18 Å². The molecule has 0 amide bonds. The van der Waals surface area contributed by atoms with Gasteiger partial charge in [0.05, 0.1) is 6.10 Å². The van der Waals surface area contributed by atoms with Crippen molar-refractivity contribution in [3.63, 3.8) is 0 Å². The van der Waals surface area contributed by atoms with Gasteiger partial charge in [0.25, 0.3) is 0 Å². The van der Waals surface area contributed by atoms with E-state index in [4.69, 9.17) is 4.74 Å². The maximum Gasteiger partial charge on any atom is 0.425 e. The van der Waals surface area contributed by atoms with E-state index in [1.54, 1.807) is 33.0 Å². The minimum Gasteiger partial charge on any atom is -0.491 e. The van der Waals surface area contributed by atoms with E-state index in [0.717, 1.165) is 5.56 Å². The molecule has 6 heteroatoms. The number of hydrogen-bond donors (Lipinski definition) is 2. The standard InChI is InChI=1S/C20H20F3NO2/c1-12(2)26-16-11-13(3)18-15(9-10-24-18)17(16)19(25,20(21,22)23)14-7-5-4-6-8-14/h4-12,24-25H,1-3H3. The Kier molecular flexibility index (Phi) is 4.48. The number of halogens is 3. The number of alkyl halides is 3. The molecule has 0 fully saturated rings. The van der Waals surface area contributed by atoms with Crippen LogP contribution in [0.4, 0.5) is 13.2 Å². The molecule has 1 unspecified atom stereocenters. The molecule has 0 spiro atoms. The highest BCUT2D eigenvalue weighted by molar-refractivity contribution is 5.89. The van der Waals surface area contributed by atoms with Gasteiger partial charge in [-0.15, -0.1) is 0 Å². The molecule has 2 aromatic carbocycles. The molecule has 0 radical (unpaired) electrons. The van der Waals surface area contributed by atoms with Crippen LogP contribution in [0, 0.1) is 6.92 Å². The Balaban J connectivity index is 2.43. The predicted molar refractivity (Wildman–Crippen MR) is 94.3 cm³/mol. The number of aromatic amines is 1. The second-order valence-corrected chi connectivity index (χ2v) is 6.57. The zero-order valence-corrected chi connectivity index (χ0v) is 14.7. The summed E-state index contributed by atoms with van der Waals surface area (Å²) in [5.41, 5.74) is -2.48. The molecule has 3 aromatic rings. The normalized spacial score (nSPS) is 14.6. The molecule has 0 aliphatic rings. The van der Waals surface area contributed by atoms with Crippen molar-refractivity contribution in [1.82, 2.24) is 4.98 Å². The van der Waals surface area contributed by atoms with Gasteiger partial charge in [-0.1, -0.05) is 30.3 Å². The molecule has 0 saturated heterocycles. The second-order valence-electron chi connectivity index (χ2n) is 6.57. The lowest BCUT2D eigenvalue weighted by atomic mass is 9.82. The molecule has 26 heavy (non-hydrogen) atoms. The molecule has 3 rings (SSSR count). The summed E-state index contributed by atoms with van der Waals surface area (Å²) in [6.45, 7) is 5.25. The number of fused-ring (bicyclic) bond motifs is 1. The fourth-order valence-corrected chi connectivity index (χ4v) is 3.23. The molecule has 1 heterocycles. The lowest BCUT2D eigenvalue weighted by molar-refractivity contribution is -0.248. The summed E-state index contributed by atoms with van der Waals surface area (Å²) >= 11 is 0. The largest absolute Gasteiger partial charge is 0.491 e. The van der Waals surface area contributed by atoms with Gasteiger partial charge in [0.2, 0.25) is 5.60 Å².